The van der Waals surface area contributed by atoms with Gasteiger partial charge in [0.25, 0.3) is 0 Å². The van der Waals surface area contributed by atoms with E-state index in [1.165, 1.54) is 23.1 Å². The Morgan fingerprint density at radius 3 is 2.77 bits per heavy atom. The smallest absolute Gasteiger partial charge is 0.406 e. The SMILES string of the molecule is O=C(Nc1ccccn1)N1CCCNc2ccc(-c3cccc(OC(F)(F)F)c3)nc21. The quantitative estimate of drug-likeness (QED) is 0.619. The lowest BCUT2D eigenvalue weighted by Gasteiger charge is -2.22. The Kier molecular flexibility index (Phi) is 5.61. The summed E-state index contributed by atoms with van der Waals surface area (Å²) in [6.07, 6.45) is -2.53. The molecule has 7 nitrogen and oxygen atoms in total. The molecule has 2 aromatic heterocycles. The Labute approximate surface area is 175 Å². The van der Waals surface area contributed by atoms with E-state index in [0.717, 1.165) is 0 Å². The monoisotopic (exact) mass is 429 g/mol. The molecule has 0 saturated heterocycles. The van der Waals surface area contributed by atoms with E-state index in [4.69, 9.17) is 0 Å². The van der Waals surface area contributed by atoms with E-state index >= 15 is 0 Å². The summed E-state index contributed by atoms with van der Waals surface area (Å²) in [6, 6.07) is 13.7. The number of halogens is 3. The van der Waals surface area contributed by atoms with Gasteiger partial charge in [0.05, 0.1) is 11.4 Å². The molecule has 1 aromatic carbocycles. The molecule has 0 aliphatic carbocycles. The van der Waals surface area contributed by atoms with E-state index in [2.05, 4.69) is 25.3 Å². The zero-order valence-electron chi connectivity index (χ0n) is 16.2. The number of hydrogen-bond acceptors (Lipinski definition) is 5. The number of urea groups is 1. The molecule has 2 amide bonds. The molecule has 0 saturated carbocycles. The zero-order chi connectivity index (χ0) is 21.8. The highest BCUT2D eigenvalue weighted by molar-refractivity contribution is 6.02. The predicted molar refractivity (Wildman–Crippen MR) is 110 cm³/mol. The van der Waals surface area contributed by atoms with Crippen molar-refractivity contribution < 1.29 is 22.7 Å². The van der Waals surface area contributed by atoms with Crippen LogP contribution in [0.25, 0.3) is 11.3 Å². The normalized spacial score (nSPS) is 13.6. The molecule has 0 spiro atoms. The Morgan fingerprint density at radius 1 is 1.13 bits per heavy atom. The molecule has 3 aromatic rings. The van der Waals surface area contributed by atoms with Crippen molar-refractivity contribution in [2.75, 3.05) is 28.6 Å². The van der Waals surface area contributed by atoms with Crippen molar-refractivity contribution in [2.45, 2.75) is 12.8 Å². The third kappa shape index (κ3) is 5.03. The number of nitrogens with zero attached hydrogens (tertiary/aromatic N) is 3. The molecule has 1 aliphatic rings. The summed E-state index contributed by atoms with van der Waals surface area (Å²) in [4.78, 5) is 23.1. The van der Waals surface area contributed by atoms with Gasteiger partial charge in [-0.15, -0.1) is 13.2 Å². The van der Waals surface area contributed by atoms with Gasteiger partial charge in [-0.3, -0.25) is 10.2 Å². The standard InChI is InChI=1S/C21H18F3N5O2/c22-21(23,24)31-15-6-3-5-14(13-15)16-8-9-17-19(27-16)29(12-4-11-25-17)20(30)28-18-7-1-2-10-26-18/h1-3,5-10,13,25H,4,11-12H2,(H,26,28,30). The van der Waals surface area contributed by atoms with Crippen molar-refractivity contribution in [1.82, 2.24) is 9.97 Å². The van der Waals surface area contributed by atoms with E-state index in [0.29, 0.717) is 48.1 Å². The summed E-state index contributed by atoms with van der Waals surface area (Å²) < 4.78 is 41.7. The third-order valence-corrected chi connectivity index (χ3v) is 4.51. The van der Waals surface area contributed by atoms with E-state index in [1.54, 1.807) is 42.6 Å². The number of pyridine rings is 2. The number of carbonyl (C=O) groups is 1. The van der Waals surface area contributed by atoms with Gasteiger partial charge in [0, 0.05) is 24.8 Å². The number of benzene rings is 1. The first kappa shape index (κ1) is 20.5. The van der Waals surface area contributed by atoms with Crippen LogP contribution in [0.5, 0.6) is 5.75 Å². The van der Waals surface area contributed by atoms with E-state index < -0.39 is 12.4 Å². The highest BCUT2D eigenvalue weighted by atomic mass is 19.4. The number of nitrogens with one attached hydrogen (secondary N) is 2. The number of ether oxygens (including phenoxy) is 1. The summed E-state index contributed by atoms with van der Waals surface area (Å²) >= 11 is 0. The van der Waals surface area contributed by atoms with E-state index in [9.17, 15) is 18.0 Å². The minimum Gasteiger partial charge on any atom is -0.406 e. The second-order valence-electron chi connectivity index (χ2n) is 6.72. The third-order valence-electron chi connectivity index (χ3n) is 4.51. The minimum absolute atomic E-state index is 0.343. The van der Waals surface area contributed by atoms with Crippen LogP contribution in [0.2, 0.25) is 0 Å². The van der Waals surface area contributed by atoms with Gasteiger partial charge >= 0.3 is 12.4 Å². The Balaban J connectivity index is 1.65. The Bertz CT molecular complexity index is 1080. The molecule has 2 N–H and O–H groups in total. The van der Waals surface area contributed by atoms with Gasteiger partial charge in [0.2, 0.25) is 0 Å². The fourth-order valence-corrected chi connectivity index (χ4v) is 3.18. The highest BCUT2D eigenvalue weighted by Gasteiger charge is 2.31. The van der Waals surface area contributed by atoms with Crippen molar-refractivity contribution >= 4 is 23.4 Å². The maximum Gasteiger partial charge on any atom is 0.573 e. The number of rotatable bonds is 3. The minimum atomic E-state index is -4.79. The second-order valence-corrected chi connectivity index (χ2v) is 6.72. The average molecular weight is 429 g/mol. The largest absolute Gasteiger partial charge is 0.573 e. The predicted octanol–water partition coefficient (Wildman–Crippen LogP) is 4.90. The van der Waals surface area contributed by atoms with Crippen LogP contribution in [0, 0.1) is 0 Å². The van der Waals surface area contributed by atoms with Crippen molar-refractivity contribution in [3.8, 4) is 17.0 Å². The van der Waals surface area contributed by atoms with Gasteiger partial charge in [0.1, 0.15) is 11.6 Å². The molecule has 31 heavy (non-hydrogen) atoms. The number of carbonyl (C=O) groups excluding carboxylic acids is 1. The maximum absolute atomic E-state index is 12.9. The molecular weight excluding hydrogens is 411 g/mol. The molecule has 0 unspecified atom stereocenters. The molecule has 0 atom stereocenters. The second kappa shape index (κ2) is 8.50. The number of aromatic nitrogens is 2. The summed E-state index contributed by atoms with van der Waals surface area (Å²) in [5.41, 5.74) is 1.49. The molecule has 4 rings (SSSR count). The highest BCUT2D eigenvalue weighted by Crippen LogP contribution is 2.32. The van der Waals surface area contributed by atoms with Gasteiger partial charge in [-0.1, -0.05) is 18.2 Å². The van der Waals surface area contributed by atoms with Gasteiger partial charge in [-0.05, 0) is 42.8 Å². The van der Waals surface area contributed by atoms with Crippen LogP contribution < -0.4 is 20.3 Å². The Hall–Kier alpha value is -3.82. The van der Waals surface area contributed by atoms with Gasteiger partial charge in [-0.2, -0.15) is 0 Å². The van der Waals surface area contributed by atoms with Gasteiger partial charge in [-0.25, -0.2) is 14.8 Å². The van der Waals surface area contributed by atoms with Crippen LogP contribution in [0.4, 0.5) is 35.3 Å². The first-order chi connectivity index (χ1) is 14.9. The van der Waals surface area contributed by atoms with Crippen molar-refractivity contribution in [3.63, 3.8) is 0 Å². The van der Waals surface area contributed by atoms with E-state index in [1.807, 2.05) is 0 Å². The number of anilines is 3. The van der Waals surface area contributed by atoms with Crippen LogP contribution in [-0.2, 0) is 0 Å². The molecule has 3 heterocycles. The number of fused-ring (bicyclic) bond motifs is 1. The molecule has 10 heteroatoms. The number of amides is 2. The lowest BCUT2D eigenvalue weighted by atomic mass is 10.1. The first-order valence-corrected chi connectivity index (χ1v) is 9.50. The maximum atomic E-state index is 12.9. The lowest BCUT2D eigenvalue weighted by molar-refractivity contribution is -0.274. The van der Waals surface area contributed by atoms with Gasteiger partial charge < -0.3 is 10.1 Å². The summed E-state index contributed by atoms with van der Waals surface area (Å²) in [7, 11) is 0. The topological polar surface area (TPSA) is 79.4 Å². The van der Waals surface area contributed by atoms with E-state index in [-0.39, 0.29) is 5.75 Å². The first-order valence-electron chi connectivity index (χ1n) is 9.50. The van der Waals surface area contributed by atoms with Crippen LogP contribution in [0.3, 0.4) is 0 Å². The van der Waals surface area contributed by atoms with Crippen molar-refractivity contribution in [3.05, 3.63) is 60.8 Å². The molecule has 1 aliphatic heterocycles. The molecule has 0 fully saturated rings. The lowest BCUT2D eigenvalue weighted by Crippen LogP contribution is -2.36. The zero-order valence-corrected chi connectivity index (χ0v) is 16.2. The molecule has 0 radical (unpaired) electrons. The fourth-order valence-electron chi connectivity index (χ4n) is 3.18. The number of hydrogen-bond donors (Lipinski definition) is 2. The Morgan fingerprint density at radius 2 is 2.00 bits per heavy atom. The molecule has 0 bridgehead atoms. The molecular formula is C21H18F3N5O2. The van der Waals surface area contributed by atoms with Crippen LogP contribution in [-0.4, -0.2) is 35.5 Å². The van der Waals surface area contributed by atoms with Crippen LogP contribution >= 0.6 is 0 Å². The summed E-state index contributed by atoms with van der Waals surface area (Å²) in [5, 5.41) is 5.96. The summed E-state index contributed by atoms with van der Waals surface area (Å²) in [6.45, 7) is 1.06. The summed E-state index contributed by atoms with van der Waals surface area (Å²) in [5.74, 6) is 0.439. The van der Waals surface area contributed by atoms with Gasteiger partial charge in [0.15, 0.2) is 5.82 Å². The van der Waals surface area contributed by atoms with Crippen LogP contribution in [0.15, 0.2) is 60.8 Å². The average Bonchev–Trinajstić information content (AvgIpc) is 2.95. The molecule has 160 valence electrons. The van der Waals surface area contributed by atoms with Crippen LogP contribution in [0.1, 0.15) is 6.42 Å². The number of alkyl halides is 3. The van der Waals surface area contributed by atoms with Crippen molar-refractivity contribution in [2.24, 2.45) is 0 Å². The van der Waals surface area contributed by atoms with Crippen molar-refractivity contribution in [1.29, 1.82) is 0 Å². The fraction of sp³-hybridized carbons (Fsp3) is 0.190.